The van der Waals surface area contributed by atoms with Gasteiger partial charge in [0.2, 0.25) is 11.8 Å². The number of carbonyl (C=O) groups excluding carboxylic acids is 3. The van der Waals surface area contributed by atoms with E-state index < -0.39 is 23.2 Å². The summed E-state index contributed by atoms with van der Waals surface area (Å²) in [6.07, 6.45) is 2.64. The summed E-state index contributed by atoms with van der Waals surface area (Å²) < 4.78 is 11.8. The fourth-order valence-electron chi connectivity index (χ4n) is 4.83. The highest BCUT2D eigenvalue weighted by Gasteiger charge is 2.61. The topological polar surface area (TPSA) is 84.9 Å². The number of carbonyl (C=O) groups is 3. The van der Waals surface area contributed by atoms with Crippen LogP contribution in [0.15, 0.2) is 67.3 Å². The lowest BCUT2D eigenvalue weighted by atomic mass is 9.71. The first-order valence-corrected chi connectivity index (χ1v) is 13.2. The number of nitrogens with zero attached hydrogens (tertiary/aromatic N) is 1. The van der Waals surface area contributed by atoms with Crippen LogP contribution >= 0.6 is 0 Å². The highest BCUT2D eigenvalue weighted by molar-refractivity contribution is 5.93. The van der Waals surface area contributed by atoms with Gasteiger partial charge in [0.25, 0.3) is 0 Å². The van der Waals surface area contributed by atoms with E-state index >= 15 is 0 Å². The van der Waals surface area contributed by atoms with E-state index in [4.69, 9.17) is 9.47 Å². The van der Waals surface area contributed by atoms with Crippen LogP contribution in [0.5, 0.6) is 0 Å². The van der Waals surface area contributed by atoms with Crippen LogP contribution in [-0.2, 0) is 30.5 Å². The molecule has 7 nitrogen and oxygen atoms in total. The second-order valence-electron chi connectivity index (χ2n) is 10.4. The number of ether oxygens (including phenoxy) is 2. The Morgan fingerprint density at radius 2 is 1.74 bits per heavy atom. The number of hydrogen-bond acceptors (Lipinski definition) is 5. The second-order valence-corrected chi connectivity index (χ2v) is 10.4. The zero-order chi connectivity index (χ0) is 27.9. The van der Waals surface area contributed by atoms with Crippen LogP contribution < -0.4 is 5.32 Å². The molecule has 0 saturated carbocycles. The molecular weight excluding hydrogens is 480 g/mol. The third kappa shape index (κ3) is 6.33. The van der Waals surface area contributed by atoms with Crippen molar-refractivity contribution in [2.75, 3.05) is 6.54 Å². The van der Waals surface area contributed by atoms with Gasteiger partial charge in [0.1, 0.15) is 19.4 Å². The minimum Gasteiger partial charge on any atom is -0.459 e. The van der Waals surface area contributed by atoms with Crippen molar-refractivity contribution in [1.29, 1.82) is 0 Å². The maximum absolute atomic E-state index is 13.3. The maximum Gasteiger partial charge on any atom is 0.338 e. The molecule has 1 N–H and O–H groups in total. The average molecular weight is 521 g/mol. The maximum atomic E-state index is 13.3. The third-order valence-electron chi connectivity index (χ3n) is 7.35. The number of benzene rings is 2. The highest BCUT2D eigenvalue weighted by atomic mass is 16.6. The zero-order valence-corrected chi connectivity index (χ0v) is 23.2. The lowest BCUT2D eigenvalue weighted by molar-refractivity contribution is -0.252. The molecule has 0 radical (unpaired) electrons. The molecule has 38 heavy (non-hydrogen) atoms. The van der Waals surface area contributed by atoms with E-state index in [-0.39, 0.29) is 31.0 Å². The van der Waals surface area contributed by atoms with Crippen LogP contribution in [0.3, 0.4) is 0 Å². The van der Waals surface area contributed by atoms with Crippen LogP contribution in [-0.4, -0.2) is 41.1 Å². The minimum absolute atomic E-state index is 0.124. The van der Waals surface area contributed by atoms with Crippen molar-refractivity contribution in [3.8, 4) is 0 Å². The lowest BCUT2D eigenvalue weighted by Gasteiger charge is -2.56. The van der Waals surface area contributed by atoms with Gasteiger partial charge in [0, 0.05) is 0 Å². The number of rotatable bonds is 13. The smallest absolute Gasteiger partial charge is 0.338 e. The summed E-state index contributed by atoms with van der Waals surface area (Å²) in [6.45, 7) is 12.9. The van der Waals surface area contributed by atoms with Gasteiger partial charge in [-0.15, -0.1) is 6.58 Å². The van der Waals surface area contributed by atoms with Gasteiger partial charge in [-0.2, -0.15) is 0 Å². The van der Waals surface area contributed by atoms with E-state index in [1.165, 1.54) is 4.90 Å². The fraction of sp³-hybridized carbons (Fsp3) is 0.452. The first-order chi connectivity index (χ1) is 18.1. The van der Waals surface area contributed by atoms with Crippen LogP contribution in [0.4, 0.5) is 0 Å². The number of nitrogens with one attached hydrogen (secondary N) is 1. The Balaban J connectivity index is 1.71. The van der Waals surface area contributed by atoms with Crippen LogP contribution in [0.1, 0.15) is 69.7 Å². The Hall–Kier alpha value is -3.45. The minimum atomic E-state index is -1.32. The van der Waals surface area contributed by atoms with E-state index in [0.29, 0.717) is 19.3 Å². The summed E-state index contributed by atoms with van der Waals surface area (Å²) in [5, 5.41) is 3.03. The quantitative estimate of drug-likeness (QED) is 0.222. The molecule has 1 aliphatic rings. The van der Waals surface area contributed by atoms with E-state index in [1.807, 2.05) is 75.4 Å². The number of esters is 1. The second kappa shape index (κ2) is 12.4. The van der Waals surface area contributed by atoms with Crippen molar-refractivity contribution in [3.05, 3.63) is 83.9 Å². The SMILES string of the molecule is C=CC[C@@H](NC(=O)CN1C(=O)C(CC)(CC)[C@@H]1OC(C)(C)C(=O)OCc1ccccc1)c1ccc(C)cc1. The zero-order valence-electron chi connectivity index (χ0n) is 23.2. The summed E-state index contributed by atoms with van der Waals surface area (Å²) in [4.78, 5) is 40.8. The molecule has 1 heterocycles. The number of hydrogen-bond donors (Lipinski definition) is 1. The molecule has 3 rings (SSSR count). The molecule has 0 aliphatic carbocycles. The average Bonchev–Trinajstić information content (AvgIpc) is 2.91. The number of amides is 2. The van der Waals surface area contributed by atoms with Crippen LogP contribution in [0.2, 0.25) is 0 Å². The van der Waals surface area contributed by atoms with Crippen molar-refractivity contribution in [2.24, 2.45) is 5.41 Å². The van der Waals surface area contributed by atoms with Gasteiger partial charge < -0.3 is 19.7 Å². The summed E-state index contributed by atoms with van der Waals surface area (Å²) >= 11 is 0. The monoisotopic (exact) mass is 520 g/mol. The van der Waals surface area contributed by atoms with E-state index in [9.17, 15) is 14.4 Å². The number of β-lactam (4-membered cyclic amide) rings is 1. The predicted molar refractivity (Wildman–Crippen MR) is 147 cm³/mol. The standard InChI is InChI=1S/C31H40N2O5/c1-7-13-25(24-18-16-22(4)17-19-24)32-26(34)20-33-27(35)31(8-2,9-3)28(33)38-30(5,6)29(36)37-21-23-14-11-10-12-15-23/h7,10-12,14-19,25,28H,1,8-9,13,20-21H2,2-6H3,(H,32,34)/t25-,28+/m1/s1. The molecule has 2 aromatic carbocycles. The number of likely N-dealkylation sites (tertiary alicyclic amines) is 1. The summed E-state index contributed by atoms with van der Waals surface area (Å²) in [5.41, 5.74) is 0.842. The van der Waals surface area contributed by atoms with E-state index in [0.717, 1.165) is 16.7 Å². The van der Waals surface area contributed by atoms with Gasteiger partial charge in [0.15, 0.2) is 5.60 Å². The molecule has 0 bridgehead atoms. The first-order valence-electron chi connectivity index (χ1n) is 13.2. The third-order valence-corrected chi connectivity index (χ3v) is 7.35. The molecule has 204 valence electrons. The largest absolute Gasteiger partial charge is 0.459 e. The van der Waals surface area contributed by atoms with Crippen molar-refractivity contribution < 1.29 is 23.9 Å². The fourth-order valence-corrected chi connectivity index (χ4v) is 4.83. The molecule has 0 unspecified atom stereocenters. The molecule has 2 aromatic rings. The van der Waals surface area contributed by atoms with Gasteiger partial charge in [0.05, 0.1) is 11.5 Å². The van der Waals surface area contributed by atoms with Crippen molar-refractivity contribution in [2.45, 2.75) is 78.4 Å². The van der Waals surface area contributed by atoms with Crippen molar-refractivity contribution in [3.63, 3.8) is 0 Å². The Kier molecular flexibility index (Phi) is 9.50. The molecule has 7 heteroatoms. The lowest BCUT2D eigenvalue weighted by Crippen LogP contribution is -2.72. The van der Waals surface area contributed by atoms with Gasteiger partial charge in [-0.25, -0.2) is 4.79 Å². The molecule has 0 aromatic heterocycles. The Labute approximate surface area is 226 Å². The Bertz CT molecular complexity index is 1120. The summed E-state index contributed by atoms with van der Waals surface area (Å²) in [6, 6.07) is 17.1. The van der Waals surface area contributed by atoms with Gasteiger partial charge in [-0.05, 0) is 51.2 Å². The van der Waals surface area contributed by atoms with Crippen molar-refractivity contribution >= 4 is 17.8 Å². The first kappa shape index (κ1) is 29.1. The molecular formula is C31H40N2O5. The van der Waals surface area contributed by atoms with E-state index in [1.54, 1.807) is 19.9 Å². The van der Waals surface area contributed by atoms with E-state index in [2.05, 4.69) is 11.9 Å². The normalized spacial score (nSPS) is 17.3. The van der Waals surface area contributed by atoms with Crippen LogP contribution in [0, 0.1) is 12.3 Å². The molecule has 2 amide bonds. The molecule has 1 fully saturated rings. The number of aryl methyl sites for hydroxylation is 1. The van der Waals surface area contributed by atoms with Crippen molar-refractivity contribution in [1.82, 2.24) is 10.2 Å². The van der Waals surface area contributed by atoms with Gasteiger partial charge >= 0.3 is 5.97 Å². The Morgan fingerprint density at radius 1 is 1.11 bits per heavy atom. The van der Waals surface area contributed by atoms with Gasteiger partial charge in [-0.3, -0.25) is 9.59 Å². The highest BCUT2D eigenvalue weighted by Crippen LogP contribution is 2.47. The molecule has 0 spiro atoms. The predicted octanol–water partition coefficient (Wildman–Crippen LogP) is 5.24. The Morgan fingerprint density at radius 3 is 2.32 bits per heavy atom. The van der Waals surface area contributed by atoms with Crippen LogP contribution in [0.25, 0.3) is 0 Å². The molecule has 2 atom stereocenters. The molecule has 1 saturated heterocycles. The summed E-state index contributed by atoms with van der Waals surface area (Å²) in [7, 11) is 0. The van der Waals surface area contributed by atoms with Gasteiger partial charge in [-0.1, -0.05) is 80.1 Å². The molecule has 1 aliphatic heterocycles. The summed E-state index contributed by atoms with van der Waals surface area (Å²) in [5.74, 6) is -0.979.